The number of carbonyl (C=O) groups is 1. The molecule has 0 radical (unpaired) electrons. The van der Waals surface area contributed by atoms with Gasteiger partial charge in [-0.2, -0.15) is 8.78 Å². The molecule has 4 nitrogen and oxygen atoms in total. The van der Waals surface area contributed by atoms with Crippen molar-refractivity contribution in [1.29, 1.82) is 0 Å². The summed E-state index contributed by atoms with van der Waals surface area (Å²) in [6.45, 7) is -2.98. The fourth-order valence-electron chi connectivity index (χ4n) is 2.17. The van der Waals surface area contributed by atoms with Crippen molar-refractivity contribution in [2.75, 3.05) is 6.54 Å². The zero-order valence-corrected chi connectivity index (χ0v) is 14.4. The third-order valence-corrected chi connectivity index (χ3v) is 3.86. The van der Waals surface area contributed by atoms with Gasteiger partial charge in [-0.25, -0.2) is 0 Å². The lowest BCUT2D eigenvalue weighted by Crippen LogP contribution is -2.29. The number of halogens is 4. The minimum absolute atomic E-state index is 0.0201. The lowest BCUT2D eigenvalue weighted by molar-refractivity contribution is -0.120. The van der Waals surface area contributed by atoms with Crippen molar-refractivity contribution in [3.8, 4) is 5.75 Å². The van der Waals surface area contributed by atoms with Gasteiger partial charge >= 0.3 is 6.61 Å². The molecule has 0 fully saturated rings. The molecule has 2 rings (SSSR count). The maximum Gasteiger partial charge on any atom is 0.387 e. The Morgan fingerprint density at radius 3 is 2.64 bits per heavy atom. The second-order valence-electron chi connectivity index (χ2n) is 5.19. The van der Waals surface area contributed by atoms with Crippen molar-refractivity contribution in [3.63, 3.8) is 0 Å². The van der Waals surface area contributed by atoms with Crippen LogP contribution >= 0.6 is 23.2 Å². The highest BCUT2D eigenvalue weighted by molar-refractivity contribution is 6.35. The van der Waals surface area contributed by atoms with Crippen molar-refractivity contribution < 1.29 is 23.4 Å². The molecule has 0 spiro atoms. The first kappa shape index (κ1) is 19.4. The number of alkyl halides is 2. The number of aliphatic hydroxyl groups is 1. The monoisotopic (exact) mass is 389 g/mol. The van der Waals surface area contributed by atoms with Gasteiger partial charge in [-0.05, 0) is 29.8 Å². The van der Waals surface area contributed by atoms with E-state index in [1.807, 2.05) is 0 Å². The molecule has 0 aliphatic heterocycles. The first-order valence-corrected chi connectivity index (χ1v) is 8.04. The fourth-order valence-corrected chi connectivity index (χ4v) is 2.71. The number of rotatable bonds is 7. The molecule has 1 unspecified atom stereocenters. The molecule has 8 heteroatoms. The molecule has 0 aliphatic rings. The molecule has 25 heavy (non-hydrogen) atoms. The topological polar surface area (TPSA) is 58.6 Å². The molecule has 2 aromatic carbocycles. The Morgan fingerprint density at radius 2 is 1.96 bits per heavy atom. The number of benzene rings is 2. The summed E-state index contributed by atoms with van der Waals surface area (Å²) in [6.07, 6.45) is -1.04. The molecule has 2 aromatic rings. The normalized spacial score (nSPS) is 12.1. The quantitative estimate of drug-likeness (QED) is 0.752. The van der Waals surface area contributed by atoms with Gasteiger partial charge < -0.3 is 15.2 Å². The Labute approximate surface area is 153 Å². The van der Waals surface area contributed by atoms with Crippen molar-refractivity contribution in [1.82, 2.24) is 5.32 Å². The molecule has 0 aliphatic carbocycles. The van der Waals surface area contributed by atoms with Crippen LogP contribution in [0, 0.1) is 0 Å². The molecule has 1 amide bonds. The highest BCUT2D eigenvalue weighted by atomic mass is 35.5. The van der Waals surface area contributed by atoms with Crippen molar-refractivity contribution >= 4 is 29.1 Å². The van der Waals surface area contributed by atoms with Crippen LogP contribution in [0.2, 0.25) is 10.0 Å². The Bertz CT molecular complexity index is 744. The number of hydrogen-bond acceptors (Lipinski definition) is 3. The van der Waals surface area contributed by atoms with Crippen molar-refractivity contribution in [3.05, 3.63) is 63.6 Å². The number of nitrogens with one attached hydrogen (secondary N) is 1. The van der Waals surface area contributed by atoms with Gasteiger partial charge in [-0.3, -0.25) is 4.79 Å². The van der Waals surface area contributed by atoms with E-state index in [9.17, 15) is 18.7 Å². The van der Waals surface area contributed by atoms with Gasteiger partial charge in [0.2, 0.25) is 5.91 Å². The van der Waals surface area contributed by atoms with Crippen molar-refractivity contribution in [2.24, 2.45) is 0 Å². The third-order valence-electron chi connectivity index (χ3n) is 3.30. The minimum atomic E-state index is -2.93. The second-order valence-corrected chi connectivity index (χ2v) is 6.03. The van der Waals surface area contributed by atoms with Crippen LogP contribution in [-0.4, -0.2) is 24.2 Å². The van der Waals surface area contributed by atoms with E-state index in [2.05, 4.69) is 10.1 Å². The predicted octanol–water partition coefficient (Wildman–Crippen LogP) is 3.99. The molecule has 0 aromatic heterocycles. The van der Waals surface area contributed by atoms with Gasteiger partial charge in [-0.15, -0.1) is 0 Å². The highest BCUT2D eigenvalue weighted by Crippen LogP contribution is 2.26. The fraction of sp³-hybridized carbons (Fsp3) is 0.235. The van der Waals surface area contributed by atoms with E-state index in [0.29, 0.717) is 21.2 Å². The van der Waals surface area contributed by atoms with E-state index in [4.69, 9.17) is 23.2 Å². The van der Waals surface area contributed by atoms with E-state index < -0.39 is 12.7 Å². The minimum Gasteiger partial charge on any atom is -0.435 e. The van der Waals surface area contributed by atoms with Gasteiger partial charge in [0.15, 0.2) is 0 Å². The lowest BCUT2D eigenvalue weighted by atomic mass is 10.1. The summed E-state index contributed by atoms with van der Waals surface area (Å²) in [7, 11) is 0. The Balaban J connectivity index is 1.90. The molecule has 0 bridgehead atoms. The summed E-state index contributed by atoms with van der Waals surface area (Å²) in [5.41, 5.74) is 0.952. The average molecular weight is 390 g/mol. The summed E-state index contributed by atoms with van der Waals surface area (Å²) < 4.78 is 28.7. The molecule has 1 atom stereocenters. The Kier molecular flexibility index (Phi) is 6.99. The zero-order chi connectivity index (χ0) is 18.4. The SMILES string of the molecule is O=C(Cc1cccc(OC(F)F)c1)NCC(O)c1ccc(Cl)cc1Cl. The van der Waals surface area contributed by atoms with Crippen LogP contribution in [0.3, 0.4) is 0 Å². The Hall–Kier alpha value is -1.89. The molecule has 0 heterocycles. The van der Waals surface area contributed by atoms with Crippen LogP contribution in [-0.2, 0) is 11.2 Å². The average Bonchev–Trinajstić information content (AvgIpc) is 2.52. The summed E-state index contributed by atoms with van der Waals surface area (Å²) in [5.74, 6) is -0.397. The number of carbonyl (C=O) groups excluding carboxylic acids is 1. The number of amides is 1. The maximum atomic E-state index is 12.2. The van der Waals surface area contributed by atoms with E-state index >= 15 is 0 Å². The van der Waals surface area contributed by atoms with E-state index in [1.165, 1.54) is 24.3 Å². The summed E-state index contributed by atoms with van der Waals surface area (Å²) in [6, 6.07) is 10.5. The Morgan fingerprint density at radius 1 is 1.20 bits per heavy atom. The van der Waals surface area contributed by atoms with E-state index in [1.54, 1.807) is 18.2 Å². The zero-order valence-electron chi connectivity index (χ0n) is 12.9. The number of ether oxygens (including phenoxy) is 1. The number of aliphatic hydroxyl groups excluding tert-OH is 1. The van der Waals surface area contributed by atoms with Gasteiger partial charge in [0.25, 0.3) is 0 Å². The smallest absolute Gasteiger partial charge is 0.387 e. The van der Waals surface area contributed by atoms with Crippen LogP contribution < -0.4 is 10.1 Å². The highest BCUT2D eigenvalue weighted by Gasteiger charge is 2.14. The molecule has 0 saturated carbocycles. The molecular weight excluding hydrogens is 375 g/mol. The van der Waals surface area contributed by atoms with Gasteiger partial charge in [0, 0.05) is 22.2 Å². The summed E-state index contributed by atoms with van der Waals surface area (Å²) >= 11 is 11.8. The molecule has 0 saturated heterocycles. The lowest BCUT2D eigenvalue weighted by Gasteiger charge is -2.14. The van der Waals surface area contributed by atoms with E-state index in [-0.39, 0.29) is 24.6 Å². The second kappa shape index (κ2) is 8.99. The molecule has 134 valence electrons. The van der Waals surface area contributed by atoms with Gasteiger partial charge in [-0.1, -0.05) is 41.4 Å². The molecule has 2 N–H and O–H groups in total. The number of hydrogen-bond donors (Lipinski definition) is 2. The first-order valence-electron chi connectivity index (χ1n) is 7.28. The maximum absolute atomic E-state index is 12.2. The van der Waals surface area contributed by atoms with Crippen LogP contribution in [0.5, 0.6) is 5.75 Å². The van der Waals surface area contributed by atoms with Crippen molar-refractivity contribution in [2.45, 2.75) is 19.1 Å². The van der Waals surface area contributed by atoms with Gasteiger partial charge in [0.1, 0.15) is 5.75 Å². The summed E-state index contributed by atoms with van der Waals surface area (Å²) in [4.78, 5) is 12.0. The van der Waals surface area contributed by atoms with Crippen LogP contribution in [0.1, 0.15) is 17.2 Å². The van der Waals surface area contributed by atoms with Crippen LogP contribution in [0.15, 0.2) is 42.5 Å². The first-order chi connectivity index (χ1) is 11.8. The van der Waals surface area contributed by atoms with Gasteiger partial charge in [0.05, 0.1) is 12.5 Å². The molecular formula is C17H15Cl2F2NO3. The third kappa shape index (κ3) is 6.16. The van der Waals surface area contributed by atoms with Crippen LogP contribution in [0.4, 0.5) is 8.78 Å². The summed E-state index contributed by atoms with van der Waals surface area (Å²) in [5, 5.41) is 13.4. The largest absolute Gasteiger partial charge is 0.435 e. The van der Waals surface area contributed by atoms with Crippen LogP contribution in [0.25, 0.3) is 0 Å². The predicted molar refractivity (Wildman–Crippen MR) is 91.2 cm³/mol. The van der Waals surface area contributed by atoms with E-state index in [0.717, 1.165) is 0 Å². The standard InChI is InChI=1S/C17H15Cl2F2NO3/c18-11-4-5-13(14(19)8-11)15(23)9-22-16(24)7-10-2-1-3-12(6-10)25-17(20)21/h1-6,8,15,17,23H,7,9H2,(H,22,24).